The van der Waals surface area contributed by atoms with E-state index >= 15 is 0 Å². The van der Waals surface area contributed by atoms with Crippen LogP contribution in [0, 0.1) is 0 Å². The Labute approximate surface area is 126 Å². The highest BCUT2D eigenvalue weighted by Crippen LogP contribution is 2.26. The molecule has 0 saturated heterocycles. The largest absolute Gasteiger partial charge is 0.493 e. The van der Waals surface area contributed by atoms with Crippen molar-refractivity contribution in [3.8, 4) is 5.75 Å². The molecule has 0 heterocycles. The lowest BCUT2D eigenvalue weighted by molar-refractivity contribution is 0.102. The molecule has 0 fully saturated rings. The number of rotatable bonds is 4. The van der Waals surface area contributed by atoms with Gasteiger partial charge in [-0.15, -0.1) is 0 Å². The number of carbonyl (C=O) groups excluding carboxylic acids is 1. The molecule has 0 bridgehead atoms. The maximum atomic E-state index is 12.3. The zero-order valence-electron chi connectivity index (χ0n) is 11.0. The van der Waals surface area contributed by atoms with Crippen molar-refractivity contribution in [3.05, 3.63) is 52.5 Å². The van der Waals surface area contributed by atoms with Crippen molar-refractivity contribution < 1.29 is 9.53 Å². The Balaban J connectivity index is 2.26. The number of nitrogens with two attached hydrogens (primary N) is 1. The molecule has 3 N–H and O–H groups in total. The normalized spacial score (nSPS) is 10.1. The van der Waals surface area contributed by atoms with Gasteiger partial charge in [0.2, 0.25) is 0 Å². The van der Waals surface area contributed by atoms with Crippen LogP contribution in [0.25, 0.3) is 0 Å². The molecule has 0 saturated carbocycles. The summed E-state index contributed by atoms with van der Waals surface area (Å²) in [7, 11) is 0. The van der Waals surface area contributed by atoms with Crippen LogP contribution in [-0.2, 0) is 0 Å². The number of para-hydroxylation sites is 1. The maximum Gasteiger partial charge on any atom is 0.259 e. The topological polar surface area (TPSA) is 64.3 Å². The lowest BCUT2D eigenvalue weighted by atomic mass is 10.2. The fourth-order valence-electron chi connectivity index (χ4n) is 1.76. The van der Waals surface area contributed by atoms with Crippen LogP contribution in [0.1, 0.15) is 17.3 Å². The van der Waals surface area contributed by atoms with Crippen LogP contribution in [0.3, 0.4) is 0 Å². The molecule has 0 spiro atoms. The Kier molecular flexibility index (Phi) is 4.63. The predicted octanol–water partition coefficient (Wildman–Crippen LogP) is 3.68. The second-order valence-electron chi connectivity index (χ2n) is 4.12. The summed E-state index contributed by atoms with van der Waals surface area (Å²) < 4.78 is 6.22. The van der Waals surface area contributed by atoms with Crippen LogP contribution in [0.2, 0.25) is 0 Å². The highest BCUT2D eigenvalue weighted by Gasteiger charge is 2.13. The van der Waals surface area contributed by atoms with Gasteiger partial charge < -0.3 is 15.8 Å². The first kappa shape index (κ1) is 14.4. The van der Waals surface area contributed by atoms with Crippen molar-refractivity contribution in [2.75, 3.05) is 17.7 Å². The van der Waals surface area contributed by atoms with Crippen LogP contribution in [0.15, 0.2) is 46.9 Å². The van der Waals surface area contributed by atoms with E-state index in [0.717, 1.165) is 4.47 Å². The fraction of sp³-hybridized carbons (Fsp3) is 0.133. The molecule has 0 aliphatic carbocycles. The number of amides is 1. The molecule has 2 aromatic carbocycles. The molecule has 0 atom stereocenters. The summed E-state index contributed by atoms with van der Waals surface area (Å²) >= 11 is 3.38. The van der Waals surface area contributed by atoms with Crippen molar-refractivity contribution in [1.82, 2.24) is 0 Å². The summed E-state index contributed by atoms with van der Waals surface area (Å²) in [6, 6.07) is 12.4. The Hall–Kier alpha value is -2.01. The van der Waals surface area contributed by atoms with E-state index in [-0.39, 0.29) is 5.91 Å². The molecule has 1 amide bonds. The van der Waals surface area contributed by atoms with Gasteiger partial charge in [0.1, 0.15) is 5.75 Å². The van der Waals surface area contributed by atoms with Crippen LogP contribution in [-0.4, -0.2) is 12.5 Å². The molecule has 104 valence electrons. The summed E-state index contributed by atoms with van der Waals surface area (Å²) in [6.45, 7) is 2.38. The van der Waals surface area contributed by atoms with E-state index < -0.39 is 0 Å². The smallest absolute Gasteiger partial charge is 0.259 e. The van der Waals surface area contributed by atoms with E-state index in [1.165, 1.54) is 0 Å². The third-order valence-electron chi connectivity index (χ3n) is 2.67. The van der Waals surface area contributed by atoms with Crippen molar-refractivity contribution in [2.45, 2.75) is 6.92 Å². The van der Waals surface area contributed by atoms with Gasteiger partial charge in [-0.2, -0.15) is 0 Å². The summed E-state index contributed by atoms with van der Waals surface area (Å²) in [5, 5.41) is 2.82. The average Bonchev–Trinajstić information content (AvgIpc) is 2.44. The summed E-state index contributed by atoms with van der Waals surface area (Å²) in [4.78, 5) is 12.3. The minimum Gasteiger partial charge on any atom is -0.493 e. The highest BCUT2D eigenvalue weighted by molar-refractivity contribution is 9.10. The van der Waals surface area contributed by atoms with Crippen LogP contribution < -0.4 is 15.8 Å². The Bertz CT molecular complexity index is 629. The molecule has 20 heavy (non-hydrogen) atoms. The third-order valence-corrected chi connectivity index (χ3v) is 3.36. The fourth-order valence-corrected chi connectivity index (χ4v) is 2.11. The minimum absolute atomic E-state index is 0.236. The van der Waals surface area contributed by atoms with Crippen molar-refractivity contribution in [1.29, 1.82) is 0 Å². The number of nitrogen functional groups attached to an aromatic ring is 1. The third kappa shape index (κ3) is 3.30. The number of benzene rings is 2. The first-order valence-electron chi connectivity index (χ1n) is 6.20. The SMILES string of the molecule is CCOc1ccccc1C(=O)Nc1cc(N)ccc1Br. The summed E-state index contributed by atoms with van der Waals surface area (Å²) in [5.41, 5.74) is 7.42. The predicted molar refractivity (Wildman–Crippen MR) is 84.1 cm³/mol. The standard InChI is InChI=1S/C15H15BrN2O2/c1-2-20-14-6-4-3-5-11(14)15(19)18-13-9-10(17)7-8-12(13)16/h3-9H,2,17H2,1H3,(H,18,19). The van der Waals surface area contributed by atoms with Gasteiger partial charge in [0.15, 0.2) is 0 Å². The second kappa shape index (κ2) is 6.43. The van der Waals surface area contributed by atoms with Gasteiger partial charge >= 0.3 is 0 Å². The van der Waals surface area contributed by atoms with E-state index in [4.69, 9.17) is 10.5 Å². The van der Waals surface area contributed by atoms with Gasteiger partial charge in [-0.05, 0) is 53.2 Å². The number of nitrogens with one attached hydrogen (secondary N) is 1. The molecular weight excluding hydrogens is 320 g/mol. The number of anilines is 2. The molecule has 5 heteroatoms. The summed E-state index contributed by atoms with van der Waals surface area (Å²) in [5.74, 6) is 0.327. The molecule has 2 aromatic rings. The first-order valence-corrected chi connectivity index (χ1v) is 6.99. The van der Waals surface area contributed by atoms with Gasteiger partial charge in [-0.3, -0.25) is 4.79 Å². The molecule has 0 aromatic heterocycles. The average molecular weight is 335 g/mol. The zero-order chi connectivity index (χ0) is 14.5. The number of carbonyl (C=O) groups is 1. The minimum atomic E-state index is -0.236. The Morgan fingerprint density at radius 1 is 1.30 bits per heavy atom. The lowest BCUT2D eigenvalue weighted by Crippen LogP contribution is -2.14. The highest BCUT2D eigenvalue weighted by atomic mass is 79.9. The number of ether oxygens (including phenoxy) is 1. The van der Waals surface area contributed by atoms with Crippen molar-refractivity contribution in [2.24, 2.45) is 0 Å². The first-order chi connectivity index (χ1) is 9.61. The molecule has 0 unspecified atom stereocenters. The molecule has 0 aliphatic rings. The monoisotopic (exact) mass is 334 g/mol. The molecule has 0 radical (unpaired) electrons. The van der Waals surface area contributed by atoms with Gasteiger partial charge in [-0.25, -0.2) is 0 Å². The van der Waals surface area contributed by atoms with Gasteiger partial charge in [0.05, 0.1) is 17.9 Å². The lowest BCUT2D eigenvalue weighted by Gasteiger charge is -2.11. The van der Waals surface area contributed by atoms with Crippen LogP contribution >= 0.6 is 15.9 Å². The van der Waals surface area contributed by atoms with E-state index in [2.05, 4.69) is 21.2 Å². The van der Waals surface area contributed by atoms with E-state index in [1.54, 1.807) is 36.4 Å². The van der Waals surface area contributed by atoms with Gasteiger partial charge in [0.25, 0.3) is 5.91 Å². The second-order valence-corrected chi connectivity index (χ2v) is 4.98. The van der Waals surface area contributed by atoms with Gasteiger partial charge in [-0.1, -0.05) is 12.1 Å². The number of halogens is 1. The van der Waals surface area contributed by atoms with Crippen LogP contribution in [0.5, 0.6) is 5.75 Å². The molecule has 0 aliphatic heterocycles. The van der Waals surface area contributed by atoms with E-state index in [9.17, 15) is 4.79 Å². The van der Waals surface area contributed by atoms with E-state index in [0.29, 0.717) is 29.3 Å². The zero-order valence-corrected chi connectivity index (χ0v) is 12.6. The molecule has 2 rings (SSSR count). The molecule has 4 nitrogen and oxygen atoms in total. The quantitative estimate of drug-likeness (QED) is 0.838. The summed E-state index contributed by atoms with van der Waals surface area (Å²) in [6.07, 6.45) is 0. The Morgan fingerprint density at radius 2 is 2.05 bits per heavy atom. The maximum absolute atomic E-state index is 12.3. The number of hydrogen-bond donors (Lipinski definition) is 2. The van der Waals surface area contributed by atoms with Crippen molar-refractivity contribution in [3.63, 3.8) is 0 Å². The number of hydrogen-bond acceptors (Lipinski definition) is 3. The van der Waals surface area contributed by atoms with Gasteiger partial charge in [0, 0.05) is 10.2 Å². The van der Waals surface area contributed by atoms with E-state index in [1.807, 2.05) is 13.0 Å². The van der Waals surface area contributed by atoms with Crippen LogP contribution in [0.4, 0.5) is 11.4 Å². The Morgan fingerprint density at radius 3 is 2.80 bits per heavy atom. The molecular formula is C15H15BrN2O2. The van der Waals surface area contributed by atoms with Crippen molar-refractivity contribution >= 4 is 33.2 Å².